The summed E-state index contributed by atoms with van der Waals surface area (Å²) < 4.78 is 49.5. The first-order valence-electron chi connectivity index (χ1n) is 12.8. The molecule has 12 heteroatoms. The molecule has 0 spiro atoms. The van der Waals surface area contributed by atoms with Gasteiger partial charge in [-0.3, -0.25) is 0 Å². The van der Waals surface area contributed by atoms with Crippen LogP contribution < -0.4 is 0 Å². The lowest BCUT2D eigenvalue weighted by Crippen LogP contribution is -2.38. The van der Waals surface area contributed by atoms with Crippen molar-refractivity contribution in [3.05, 3.63) is 0 Å². The molecule has 0 atom stereocenters. The minimum absolute atomic E-state index is 0.00267. The Morgan fingerprint density at radius 2 is 0.583 bits per heavy atom. The van der Waals surface area contributed by atoms with Gasteiger partial charge < -0.3 is 58.0 Å². The summed E-state index contributed by atoms with van der Waals surface area (Å²) >= 11 is 0. The highest BCUT2D eigenvalue weighted by Crippen LogP contribution is 2.24. The summed E-state index contributed by atoms with van der Waals surface area (Å²) in [7, 11) is 0. The predicted molar refractivity (Wildman–Crippen MR) is 131 cm³/mol. The van der Waals surface area contributed by atoms with Gasteiger partial charge in [0, 0.05) is 5.41 Å². The van der Waals surface area contributed by atoms with Gasteiger partial charge in [0.2, 0.25) is 0 Å². The smallest absolute Gasteiger partial charge is 0.0701 e. The summed E-state index contributed by atoms with van der Waals surface area (Å²) in [5, 5.41) is 26.0. The van der Waals surface area contributed by atoms with Gasteiger partial charge in [0.1, 0.15) is 0 Å². The fourth-order valence-corrected chi connectivity index (χ4v) is 2.81. The summed E-state index contributed by atoms with van der Waals surface area (Å²) in [6.45, 7) is 9.71. The zero-order chi connectivity index (χ0) is 26.4. The Bertz CT molecular complexity index is 361. The number of aliphatic hydroxyl groups excluding tert-OH is 3. The topological polar surface area (TPSA) is 144 Å². The van der Waals surface area contributed by atoms with Crippen LogP contribution in [0.1, 0.15) is 13.3 Å². The van der Waals surface area contributed by atoms with E-state index in [1.165, 1.54) is 0 Å². The van der Waals surface area contributed by atoms with Gasteiger partial charge in [-0.1, -0.05) is 6.92 Å². The van der Waals surface area contributed by atoms with Crippen LogP contribution in [0.4, 0.5) is 0 Å². The standard InChI is InChI=1S/C24H50O12/c1-2-24(21-34-18-15-31-12-9-28-6-3-25,22-35-19-16-32-13-10-29-7-4-26)23-36-20-17-33-14-11-30-8-5-27/h25-27H,2-23H2,1H3. The Morgan fingerprint density at radius 3 is 0.806 bits per heavy atom. The van der Waals surface area contributed by atoms with E-state index < -0.39 is 0 Å². The molecule has 12 nitrogen and oxygen atoms in total. The fraction of sp³-hybridized carbons (Fsp3) is 1.00. The molecular weight excluding hydrogens is 480 g/mol. The minimum Gasteiger partial charge on any atom is -0.394 e. The summed E-state index contributed by atoms with van der Waals surface area (Å²) in [6, 6.07) is 0. The van der Waals surface area contributed by atoms with Crippen molar-refractivity contribution < 1.29 is 58.0 Å². The maximum absolute atomic E-state index is 8.68. The second-order valence-corrected chi connectivity index (χ2v) is 7.86. The summed E-state index contributed by atoms with van der Waals surface area (Å²) in [5.74, 6) is 0. The minimum atomic E-state index is -0.321. The van der Waals surface area contributed by atoms with Gasteiger partial charge >= 0.3 is 0 Å². The van der Waals surface area contributed by atoms with Crippen molar-refractivity contribution in [3.63, 3.8) is 0 Å². The van der Waals surface area contributed by atoms with Crippen LogP contribution in [0.25, 0.3) is 0 Å². The molecule has 0 unspecified atom stereocenters. The first kappa shape index (κ1) is 35.5. The summed E-state index contributed by atoms with van der Waals surface area (Å²) in [6.07, 6.45) is 0.800. The van der Waals surface area contributed by atoms with Gasteiger partial charge in [-0.15, -0.1) is 0 Å². The van der Waals surface area contributed by atoms with Crippen LogP contribution in [0.15, 0.2) is 0 Å². The molecule has 0 rings (SSSR count). The number of aliphatic hydroxyl groups is 3. The Balaban J connectivity index is 4.22. The van der Waals surface area contributed by atoms with E-state index in [1.807, 2.05) is 0 Å². The van der Waals surface area contributed by atoms with E-state index in [2.05, 4.69) is 6.92 Å². The van der Waals surface area contributed by atoms with Crippen molar-refractivity contribution in [2.24, 2.45) is 5.41 Å². The molecule has 218 valence electrons. The predicted octanol–water partition coefficient (Wildman–Crippen LogP) is -0.491. The van der Waals surface area contributed by atoms with Gasteiger partial charge in [0.05, 0.1) is 139 Å². The number of hydrogen-bond donors (Lipinski definition) is 3. The largest absolute Gasteiger partial charge is 0.394 e. The molecule has 0 aromatic heterocycles. The van der Waals surface area contributed by atoms with Crippen molar-refractivity contribution >= 4 is 0 Å². The van der Waals surface area contributed by atoms with Crippen molar-refractivity contribution in [1.82, 2.24) is 0 Å². The zero-order valence-electron chi connectivity index (χ0n) is 22.1. The third-order valence-corrected chi connectivity index (χ3v) is 4.91. The van der Waals surface area contributed by atoms with Crippen LogP contribution in [0.3, 0.4) is 0 Å². The first-order valence-corrected chi connectivity index (χ1v) is 12.8. The molecule has 3 N–H and O–H groups in total. The summed E-state index contributed by atoms with van der Waals surface area (Å²) in [4.78, 5) is 0. The first-order chi connectivity index (χ1) is 17.7. The molecule has 0 radical (unpaired) electrons. The zero-order valence-corrected chi connectivity index (χ0v) is 22.1. The molecule has 0 aliphatic rings. The van der Waals surface area contributed by atoms with Crippen LogP contribution in [0.2, 0.25) is 0 Å². The number of ether oxygens (including phenoxy) is 9. The molecule has 0 aliphatic heterocycles. The highest BCUT2D eigenvalue weighted by atomic mass is 16.6. The monoisotopic (exact) mass is 530 g/mol. The molecule has 0 aromatic carbocycles. The normalized spacial score (nSPS) is 12.0. The van der Waals surface area contributed by atoms with Crippen LogP contribution in [0.5, 0.6) is 0 Å². The van der Waals surface area contributed by atoms with Crippen molar-refractivity contribution in [1.29, 1.82) is 0 Å². The molecule has 0 fully saturated rings. The molecule has 0 aliphatic carbocycles. The molecule has 0 bridgehead atoms. The van der Waals surface area contributed by atoms with Gasteiger partial charge in [-0.05, 0) is 6.42 Å². The van der Waals surface area contributed by atoms with Crippen LogP contribution in [0, 0.1) is 5.41 Å². The molecule has 0 saturated carbocycles. The Morgan fingerprint density at radius 1 is 0.361 bits per heavy atom. The van der Waals surface area contributed by atoms with Gasteiger partial charge in [0.25, 0.3) is 0 Å². The van der Waals surface area contributed by atoms with E-state index in [-0.39, 0.29) is 25.2 Å². The fourth-order valence-electron chi connectivity index (χ4n) is 2.81. The lowest BCUT2D eigenvalue weighted by atomic mass is 9.88. The molecule has 36 heavy (non-hydrogen) atoms. The van der Waals surface area contributed by atoms with E-state index in [4.69, 9.17) is 58.0 Å². The van der Waals surface area contributed by atoms with E-state index in [0.29, 0.717) is 119 Å². The Hall–Kier alpha value is -0.480. The van der Waals surface area contributed by atoms with Crippen LogP contribution >= 0.6 is 0 Å². The van der Waals surface area contributed by atoms with Crippen molar-refractivity contribution in [2.75, 3.05) is 139 Å². The number of hydrogen-bond acceptors (Lipinski definition) is 12. The Kier molecular flexibility index (Phi) is 28.7. The van der Waals surface area contributed by atoms with Crippen LogP contribution in [-0.4, -0.2) is 154 Å². The average Bonchev–Trinajstić information content (AvgIpc) is 2.89. The van der Waals surface area contributed by atoms with Gasteiger partial charge in [-0.2, -0.15) is 0 Å². The third kappa shape index (κ3) is 23.9. The highest BCUT2D eigenvalue weighted by Gasteiger charge is 2.29. The molecule has 0 saturated heterocycles. The van der Waals surface area contributed by atoms with E-state index in [0.717, 1.165) is 6.42 Å². The Labute approximate surface area is 216 Å². The van der Waals surface area contributed by atoms with E-state index in [9.17, 15) is 0 Å². The SMILES string of the molecule is CCC(COCCOCCOCCO)(COCCOCCOCCO)COCCOCCOCCO. The lowest BCUT2D eigenvalue weighted by Gasteiger charge is -2.32. The van der Waals surface area contributed by atoms with E-state index in [1.54, 1.807) is 0 Å². The highest BCUT2D eigenvalue weighted by molar-refractivity contribution is 4.77. The molecule has 0 aromatic rings. The molecular formula is C24H50O12. The average molecular weight is 531 g/mol. The summed E-state index contributed by atoms with van der Waals surface area (Å²) in [5.41, 5.74) is -0.321. The maximum Gasteiger partial charge on any atom is 0.0701 e. The third-order valence-electron chi connectivity index (χ3n) is 4.91. The molecule has 0 amide bonds. The van der Waals surface area contributed by atoms with Crippen LogP contribution in [-0.2, 0) is 42.6 Å². The van der Waals surface area contributed by atoms with E-state index >= 15 is 0 Å². The number of rotatable bonds is 31. The van der Waals surface area contributed by atoms with Gasteiger partial charge in [-0.25, -0.2) is 0 Å². The molecule has 0 heterocycles. The quantitative estimate of drug-likeness (QED) is 0.0995. The van der Waals surface area contributed by atoms with Crippen molar-refractivity contribution in [3.8, 4) is 0 Å². The maximum atomic E-state index is 8.68. The lowest BCUT2D eigenvalue weighted by molar-refractivity contribution is -0.0920. The second kappa shape index (κ2) is 29.1. The second-order valence-electron chi connectivity index (χ2n) is 7.86. The van der Waals surface area contributed by atoms with Crippen molar-refractivity contribution in [2.45, 2.75) is 13.3 Å². The van der Waals surface area contributed by atoms with Gasteiger partial charge in [0.15, 0.2) is 0 Å².